The average molecular weight is 357 g/mol. The molecule has 0 bridgehead atoms. The molecule has 0 unspecified atom stereocenters. The summed E-state index contributed by atoms with van der Waals surface area (Å²) in [4.78, 5) is 15.4. The van der Waals surface area contributed by atoms with E-state index in [4.69, 9.17) is 23.2 Å². The third-order valence-electron chi connectivity index (χ3n) is 3.34. The first kappa shape index (κ1) is 17.3. The second kappa shape index (κ2) is 7.97. The van der Waals surface area contributed by atoms with Crippen LogP contribution in [0.2, 0.25) is 10.0 Å². The van der Waals surface area contributed by atoms with Gasteiger partial charge in [-0.15, -0.1) is 11.3 Å². The molecule has 6 heteroatoms. The zero-order valence-electron chi connectivity index (χ0n) is 12.5. The first-order chi connectivity index (χ1) is 10.5. The van der Waals surface area contributed by atoms with Crippen LogP contribution in [-0.4, -0.2) is 31.4 Å². The average Bonchev–Trinajstić information content (AvgIpc) is 2.97. The number of likely N-dealkylation sites (N-methyl/N-ethyl adjacent to an activating group) is 1. The van der Waals surface area contributed by atoms with Crippen molar-refractivity contribution in [3.8, 4) is 0 Å². The van der Waals surface area contributed by atoms with Gasteiger partial charge in [-0.2, -0.15) is 0 Å². The summed E-state index contributed by atoms with van der Waals surface area (Å²) in [5.74, 6) is -0.0261. The highest BCUT2D eigenvalue weighted by Gasteiger charge is 2.16. The summed E-state index contributed by atoms with van der Waals surface area (Å²) in [6.07, 6.45) is 0.293. The van der Waals surface area contributed by atoms with Crippen LogP contribution in [-0.2, 0) is 11.2 Å². The summed E-state index contributed by atoms with van der Waals surface area (Å²) >= 11 is 13.5. The molecule has 1 heterocycles. The molecular weight excluding hydrogens is 339 g/mol. The zero-order chi connectivity index (χ0) is 16.1. The van der Waals surface area contributed by atoms with Gasteiger partial charge in [-0.05, 0) is 43.2 Å². The first-order valence-corrected chi connectivity index (χ1v) is 8.51. The molecule has 2 aromatic rings. The molecule has 1 aromatic carbocycles. The van der Waals surface area contributed by atoms with Gasteiger partial charge in [0.1, 0.15) is 0 Å². The fourth-order valence-corrected chi connectivity index (χ4v) is 3.37. The highest BCUT2D eigenvalue weighted by Crippen LogP contribution is 2.23. The fourth-order valence-electron chi connectivity index (χ4n) is 2.13. The largest absolute Gasteiger partial charge is 0.354 e. The fraction of sp³-hybridized carbons (Fsp3) is 0.312. The van der Waals surface area contributed by atoms with E-state index in [-0.39, 0.29) is 11.9 Å². The lowest BCUT2D eigenvalue weighted by molar-refractivity contribution is -0.120. The number of rotatable bonds is 6. The molecule has 1 amide bonds. The maximum absolute atomic E-state index is 12.1. The van der Waals surface area contributed by atoms with E-state index in [9.17, 15) is 4.79 Å². The molecule has 3 nitrogen and oxygen atoms in total. The molecule has 0 saturated carbocycles. The maximum atomic E-state index is 12.1. The second-order valence-electron chi connectivity index (χ2n) is 5.22. The number of benzene rings is 1. The van der Waals surface area contributed by atoms with E-state index < -0.39 is 0 Å². The number of nitrogens with zero attached hydrogens (tertiary/aromatic N) is 1. The van der Waals surface area contributed by atoms with Crippen LogP contribution in [0.4, 0.5) is 0 Å². The third kappa shape index (κ3) is 4.71. The van der Waals surface area contributed by atoms with Crippen LogP contribution in [0.25, 0.3) is 0 Å². The van der Waals surface area contributed by atoms with E-state index >= 15 is 0 Å². The van der Waals surface area contributed by atoms with Crippen molar-refractivity contribution < 1.29 is 4.79 Å². The SMILES string of the molecule is CN(C)[C@@H](CNC(=O)Cc1ccc(Cl)c(Cl)c1)c1cccs1. The number of carbonyl (C=O) groups excluding carboxylic acids is 1. The van der Waals surface area contributed by atoms with E-state index in [2.05, 4.69) is 16.3 Å². The standard InChI is InChI=1S/C16H18Cl2N2OS/c1-20(2)14(15-4-3-7-22-15)10-19-16(21)9-11-5-6-12(17)13(18)8-11/h3-8,14H,9-10H2,1-2H3,(H,19,21)/t14-/m0/s1. The minimum Gasteiger partial charge on any atom is -0.354 e. The van der Waals surface area contributed by atoms with Crippen molar-refractivity contribution in [1.29, 1.82) is 0 Å². The van der Waals surface area contributed by atoms with E-state index in [1.165, 1.54) is 4.88 Å². The Labute approximate surface area is 144 Å². The maximum Gasteiger partial charge on any atom is 0.224 e. The van der Waals surface area contributed by atoms with Crippen molar-refractivity contribution in [3.63, 3.8) is 0 Å². The van der Waals surface area contributed by atoms with E-state index in [1.54, 1.807) is 23.5 Å². The number of hydrogen-bond acceptors (Lipinski definition) is 3. The van der Waals surface area contributed by atoms with Crippen LogP contribution in [0.15, 0.2) is 35.7 Å². The van der Waals surface area contributed by atoms with Gasteiger partial charge in [0.2, 0.25) is 5.91 Å². The molecule has 1 aromatic heterocycles. The summed E-state index contributed by atoms with van der Waals surface area (Å²) in [7, 11) is 4.02. The third-order valence-corrected chi connectivity index (χ3v) is 5.05. The quantitative estimate of drug-likeness (QED) is 0.847. The van der Waals surface area contributed by atoms with Crippen LogP contribution in [0.1, 0.15) is 16.5 Å². The summed E-state index contributed by atoms with van der Waals surface area (Å²) in [6, 6.07) is 9.54. The van der Waals surface area contributed by atoms with Crippen LogP contribution in [0, 0.1) is 0 Å². The molecule has 0 aliphatic heterocycles. The van der Waals surface area contributed by atoms with Gasteiger partial charge in [0.15, 0.2) is 0 Å². The Balaban J connectivity index is 1.92. The smallest absolute Gasteiger partial charge is 0.224 e. The summed E-state index contributed by atoms with van der Waals surface area (Å²) < 4.78 is 0. The van der Waals surface area contributed by atoms with Crippen molar-refractivity contribution in [2.24, 2.45) is 0 Å². The Bertz CT molecular complexity index is 629. The predicted octanol–water partition coefficient (Wildman–Crippen LogP) is 4.02. The molecule has 118 valence electrons. The normalized spacial score (nSPS) is 12.4. The number of thiophene rings is 1. The minimum atomic E-state index is -0.0261. The van der Waals surface area contributed by atoms with Gasteiger partial charge in [-0.1, -0.05) is 35.3 Å². The molecule has 22 heavy (non-hydrogen) atoms. The second-order valence-corrected chi connectivity index (χ2v) is 7.02. The van der Waals surface area contributed by atoms with Gasteiger partial charge in [0, 0.05) is 11.4 Å². The number of halogens is 2. The molecule has 1 atom stereocenters. The molecule has 0 radical (unpaired) electrons. The highest BCUT2D eigenvalue weighted by molar-refractivity contribution is 7.10. The Hall–Kier alpha value is -1.07. The molecule has 0 saturated heterocycles. The van der Waals surface area contributed by atoms with Crippen molar-refractivity contribution in [2.45, 2.75) is 12.5 Å². The Kier molecular flexibility index (Phi) is 6.26. The van der Waals surface area contributed by atoms with Crippen LogP contribution in [0.5, 0.6) is 0 Å². The van der Waals surface area contributed by atoms with Crippen molar-refractivity contribution in [1.82, 2.24) is 10.2 Å². The van der Waals surface area contributed by atoms with Crippen LogP contribution in [0.3, 0.4) is 0 Å². The molecule has 2 rings (SSSR count). The van der Waals surface area contributed by atoms with Gasteiger partial charge >= 0.3 is 0 Å². The molecular formula is C16H18Cl2N2OS. The number of carbonyl (C=O) groups is 1. The van der Waals surface area contributed by atoms with Gasteiger partial charge in [0.05, 0.1) is 22.5 Å². The zero-order valence-corrected chi connectivity index (χ0v) is 14.8. The number of hydrogen-bond donors (Lipinski definition) is 1. The summed E-state index contributed by atoms with van der Waals surface area (Å²) in [5.41, 5.74) is 0.851. The topological polar surface area (TPSA) is 32.3 Å². The summed E-state index contributed by atoms with van der Waals surface area (Å²) in [6.45, 7) is 0.577. The van der Waals surface area contributed by atoms with Crippen molar-refractivity contribution in [2.75, 3.05) is 20.6 Å². The Morgan fingerprint density at radius 3 is 2.64 bits per heavy atom. The molecule has 1 N–H and O–H groups in total. The predicted molar refractivity (Wildman–Crippen MR) is 93.9 cm³/mol. The van der Waals surface area contributed by atoms with Crippen molar-refractivity contribution in [3.05, 3.63) is 56.2 Å². The highest BCUT2D eigenvalue weighted by atomic mass is 35.5. The number of amides is 1. The molecule has 0 aliphatic rings. The van der Waals surface area contributed by atoms with Gasteiger partial charge in [0.25, 0.3) is 0 Å². The lowest BCUT2D eigenvalue weighted by Gasteiger charge is -2.23. The number of nitrogens with one attached hydrogen (secondary N) is 1. The van der Waals surface area contributed by atoms with Gasteiger partial charge in [-0.25, -0.2) is 0 Å². The van der Waals surface area contributed by atoms with Crippen molar-refractivity contribution >= 4 is 40.4 Å². The van der Waals surface area contributed by atoms with Crippen LogP contribution < -0.4 is 5.32 Å². The lowest BCUT2D eigenvalue weighted by atomic mass is 10.1. The Morgan fingerprint density at radius 1 is 1.27 bits per heavy atom. The van der Waals surface area contributed by atoms with Gasteiger partial charge < -0.3 is 10.2 Å². The van der Waals surface area contributed by atoms with E-state index in [1.807, 2.05) is 31.6 Å². The Morgan fingerprint density at radius 2 is 2.05 bits per heavy atom. The molecule has 0 aliphatic carbocycles. The van der Waals surface area contributed by atoms with Gasteiger partial charge in [-0.3, -0.25) is 4.79 Å². The summed E-state index contributed by atoms with van der Waals surface area (Å²) in [5, 5.41) is 6.00. The van der Waals surface area contributed by atoms with E-state index in [0.29, 0.717) is 23.0 Å². The van der Waals surface area contributed by atoms with E-state index in [0.717, 1.165) is 5.56 Å². The lowest BCUT2D eigenvalue weighted by Crippen LogP contribution is -2.34. The van der Waals surface area contributed by atoms with Crippen LogP contribution >= 0.6 is 34.5 Å². The molecule has 0 spiro atoms. The molecule has 0 fully saturated rings. The first-order valence-electron chi connectivity index (χ1n) is 6.88. The minimum absolute atomic E-state index is 0.0261. The monoisotopic (exact) mass is 356 g/mol.